The molecule has 0 spiro atoms. The summed E-state index contributed by atoms with van der Waals surface area (Å²) < 4.78 is 5.94. The van der Waals surface area contributed by atoms with Gasteiger partial charge in [-0.2, -0.15) is 0 Å². The van der Waals surface area contributed by atoms with Crippen molar-refractivity contribution in [1.82, 2.24) is 0 Å². The quantitative estimate of drug-likeness (QED) is 0.855. The van der Waals surface area contributed by atoms with Crippen molar-refractivity contribution in [3.05, 3.63) is 42.5 Å². The Labute approximate surface area is 112 Å². The minimum atomic E-state index is -0.786. The lowest BCUT2D eigenvalue weighted by molar-refractivity contribution is -0.0139. The summed E-state index contributed by atoms with van der Waals surface area (Å²) in [4.78, 5) is 0. The Bertz CT molecular complexity index is 534. The maximum atomic E-state index is 9.80. The summed E-state index contributed by atoms with van der Waals surface area (Å²) >= 11 is 5.92. The van der Waals surface area contributed by atoms with Gasteiger partial charge in [0, 0.05) is 5.39 Å². The Morgan fingerprint density at radius 3 is 2.56 bits per heavy atom. The van der Waals surface area contributed by atoms with Gasteiger partial charge >= 0.3 is 0 Å². The predicted molar refractivity (Wildman–Crippen MR) is 75.4 cm³/mol. The van der Waals surface area contributed by atoms with Gasteiger partial charge in [0.05, 0.1) is 12.0 Å². The molecule has 0 aliphatic rings. The fraction of sp³-hybridized carbons (Fsp3) is 0.333. The van der Waals surface area contributed by atoms with Crippen molar-refractivity contribution in [3.8, 4) is 5.75 Å². The third-order valence-electron chi connectivity index (χ3n) is 3.24. The number of hydrogen-bond donors (Lipinski definition) is 1. The molecule has 0 heterocycles. The van der Waals surface area contributed by atoms with Crippen LogP contribution >= 0.6 is 11.6 Å². The zero-order valence-electron chi connectivity index (χ0n) is 10.6. The third kappa shape index (κ3) is 2.45. The Morgan fingerprint density at radius 1 is 1.22 bits per heavy atom. The zero-order valence-corrected chi connectivity index (χ0v) is 11.3. The van der Waals surface area contributed by atoms with Crippen LogP contribution in [0.5, 0.6) is 5.75 Å². The molecule has 2 atom stereocenters. The van der Waals surface area contributed by atoms with Gasteiger partial charge in [-0.1, -0.05) is 36.4 Å². The standard InChI is InChI=1S/C15H17ClO2/c1-11(17)15(2,10-16)18-14-9-5-7-12-6-3-4-8-13(12)14/h3-9,11,17H,10H2,1-2H3. The monoisotopic (exact) mass is 264 g/mol. The molecule has 2 aromatic rings. The lowest BCUT2D eigenvalue weighted by Crippen LogP contribution is -2.45. The predicted octanol–water partition coefficient (Wildman–Crippen LogP) is 3.60. The van der Waals surface area contributed by atoms with E-state index in [-0.39, 0.29) is 5.88 Å². The first-order chi connectivity index (χ1) is 8.57. The molecule has 0 saturated carbocycles. The highest BCUT2D eigenvalue weighted by atomic mass is 35.5. The van der Waals surface area contributed by atoms with Crippen LogP contribution in [0, 0.1) is 0 Å². The largest absolute Gasteiger partial charge is 0.483 e. The first-order valence-electron chi connectivity index (χ1n) is 5.97. The Balaban J connectivity index is 2.43. The van der Waals surface area contributed by atoms with Gasteiger partial charge in [0.1, 0.15) is 11.4 Å². The molecule has 96 valence electrons. The van der Waals surface area contributed by atoms with Crippen molar-refractivity contribution < 1.29 is 9.84 Å². The second kappa shape index (κ2) is 5.17. The molecular formula is C15H17ClO2. The summed E-state index contributed by atoms with van der Waals surface area (Å²) in [5.41, 5.74) is -0.786. The number of ether oxygens (including phenoxy) is 1. The molecule has 0 aliphatic heterocycles. The van der Waals surface area contributed by atoms with E-state index in [9.17, 15) is 5.11 Å². The first-order valence-corrected chi connectivity index (χ1v) is 6.51. The van der Waals surface area contributed by atoms with Crippen LogP contribution in [-0.2, 0) is 0 Å². The van der Waals surface area contributed by atoms with Gasteiger partial charge in [0.25, 0.3) is 0 Å². The summed E-state index contributed by atoms with van der Waals surface area (Å²) in [6.45, 7) is 3.50. The van der Waals surface area contributed by atoms with E-state index in [2.05, 4.69) is 0 Å². The van der Waals surface area contributed by atoms with Crippen molar-refractivity contribution >= 4 is 22.4 Å². The Kier molecular flexibility index (Phi) is 3.79. The van der Waals surface area contributed by atoms with Crippen LogP contribution in [0.1, 0.15) is 13.8 Å². The van der Waals surface area contributed by atoms with Crippen LogP contribution in [0.4, 0.5) is 0 Å². The van der Waals surface area contributed by atoms with Crippen molar-refractivity contribution in [3.63, 3.8) is 0 Å². The van der Waals surface area contributed by atoms with Crippen molar-refractivity contribution in [2.75, 3.05) is 5.88 Å². The molecule has 0 fully saturated rings. The van der Waals surface area contributed by atoms with E-state index in [1.165, 1.54) is 0 Å². The van der Waals surface area contributed by atoms with E-state index < -0.39 is 11.7 Å². The molecular weight excluding hydrogens is 248 g/mol. The molecule has 2 aromatic carbocycles. The number of halogens is 1. The average molecular weight is 265 g/mol. The Hall–Kier alpha value is -1.25. The summed E-state index contributed by atoms with van der Waals surface area (Å²) in [5, 5.41) is 11.9. The van der Waals surface area contributed by atoms with Gasteiger partial charge in [0.15, 0.2) is 0 Å². The van der Waals surface area contributed by atoms with E-state index in [0.29, 0.717) is 0 Å². The summed E-state index contributed by atoms with van der Waals surface area (Å²) in [6, 6.07) is 13.9. The lowest BCUT2D eigenvalue weighted by atomic mass is 10.0. The summed E-state index contributed by atoms with van der Waals surface area (Å²) in [7, 11) is 0. The average Bonchev–Trinajstić information content (AvgIpc) is 2.39. The Morgan fingerprint density at radius 2 is 1.89 bits per heavy atom. The topological polar surface area (TPSA) is 29.5 Å². The highest BCUT2D eigenvalue weighted by molar-refractivity contribution is 6.18. The lowest BCUT2D eigenvalue weighted by Gasteiger charge is -2.31. The van der Waals surface area contributed by atoms with Crippen LogP contribution < -0.4 is 4.74 Å². The molecule has 0 radical (unpaired) electrons. The van der Waals surface area contributed by atoms with E-state index in [1.54, 1.807) is 6.92 Å². The summed E-state index contributed by atoms with van der Waals surface area (Å²) in [5.74, 6) is 0.977. The molecule has 0 aromatic heterocycles. The molecule has 2 unspecified atom stereocenters. The van der Waals surface area contributed by atoms with Crippen LogP contribution in [0.3, 0.4) is 0 Å². The van der Waals surface area contributed by atoms with Gasteiger partial charge in [-0.25, -0.2) is 0 Å². The van der Waals surface area contributed by atoms with Crippen molar-refractivity contribution in [2.45, 2.75) is 25.6 Å². The first kappa shape index (κ1) is 13.2. The number of aliphatic hydroxyl groups excluding tert-OH is 1. The van der Waals surface area contributed by atoms with E-state index in [0.717, 1.165) is 16.5 Å². The number of rotatable bonds is 4. The second-order valence-corrected chi connectivity index (χ2v) is 4.97. The van der Waals surface area contributed by atoms with Gasteiger partial charge < -0.3 is 9.84 Å². The normalized spacial score (nSPS) is 16.2. The maximum absolute atomic E-state index is 9.80. The summed E-state index contributed by atoms with van der Waals surface area (Å²) in [6.07, 6.45) is -0.644. The van der Waals surface area contributed by atoms with Gasteiger partial charge in [0.2, 0.25) is 0 Å². The number of alkyl halides is 1. The van der Waals surface area contributed by atoms with Crippen LogP contribution in [0.25, 0.3) is 10.8 Å². The molecule has 2 nitrogen and oxygen atoms in total. The van der Waals surface area contributed by atoms with Gasteiger partial charge in [-0.3, -0.25) is 0 Å². The highest BCUT2D eigenvalue weighted by Crippen LogP contribution is 2.30. The molecule has 0 aliphatic carbocycles. The fourth-order valence-corrected chi connectivity index (χ4v) is 2.04. The minimum Gasteiger partial charge on any atom is -0.483 e. The van der Waals surface area contributed by atoms with E-state index >= 15 is 0 Å². The van der Waals surface area contributed by atoms with Gasteiger partial charge in [-0.05, 0) is 25.3 Å². The number of aliphatic hydroxyl groups is 1. The van der Waals surface area contributed by atoms with Crippen LogP contribution in [-0.4, -0.2) is 22.7 Å². The van der Waals surface area contributed by atoms with Crippen molar-refractivity contribution in [2.24, 2.45) is 0 Å². The smallest absolute Gasteiger partial charge is 0.145 e. The molecule has 18 heavy (non-hydrogen) atoms. The van der Waals surface area contributed by atoms with Gasteiger partial charge in [-0.15, -0.1) is 11.6 Å². The zero-order chi connectivity index (χ0) is 13.2. The molecule has 1 N–H and O–H groups in total. The molecule has 0 bridgehead atoms. The third-order valence-corrected chi connectivity index (χ3v) is 3.77. The fourth-order valence-electron chi connectivity index (χ4n) is 1.76. The molecule has 0 amide bonds. The maximum Gasteiger partial charge on any atom is 0.145 e. The molecule has 0 saturated heterocycles. The second-order valence-electron chi connectivity index (χ2n) is 4.70. The minimum absolute atomic E-state index is 0.230. The molecule has 3 heteroatoms. The SMILES string of the molecule is CC(O)C(C)(CCl)Oc1cccc2ccccc12. The van der Waals surface area contributed by atoms with E-state index in [1.807, 2.05) is 49.4 Å². The van der Waals surface area contributed by atoms with Crippen LogP contribution in [0.2, 0.25) is 0 Å². The number of hydrogen-bond acceptors (Lipinski definition) is 2. The number of benzene rings is 2. The van der Waals surface area contributed by atoms with Crippen molar-refractivity contribution in [1.29, 1.82) is 0 Å². The highest BCUT2D eigenvalue weighted by Gasteiger charge is 2.31. The van der Waals surface area contributed by atoms with E-state index in [4.69, 9.17) is 16.3 Å². The van der Waals surface area contributed by atoms with Crippen LogP contribution in [0.15, 0.2) is 42.5 Å². The molecule has 2 rings (SSSR count). The number of fused-ring (bicyclic) bond motifs is 1.